The smallest absolute Gasteiger partial charge is 0.124 e. The minimum Gasteiger partial charge on any atom is -0.322 e. The summed E-state index contributed by atoms with van der Waals surface area (Å²) in [6, 6.07) is 17.3. The molecule has 3 aromatic rings. The first-order chi connectivity index (χ1) is 11.3. The Bertz CT molecular complexity index is 805. The zero-order valence-corrected chi connectivity index (χ0v) is 16.2. The molecule has 0 unspecified atom stereocenters. The summed E-state index contributed by atoms with van der Waals surface area (Å²) in [7, 11) is 0. The van der Waals surface area contributed by atoms with E-state index in [1.54, 1.807) is 0 Å². The Morgan fingerprint density at radius 2 is 1.56 bits per heavy atom. The zero-order valence-electron chi connectivity index (χ0n) is 14.5. The minimum atomic E-state index is 0. The second-order valence-corrected chi connectivity index (χ2v) is 6.57. The molecule has 5 heteroatoms. The van der Waals surface area contributed by atoms with Gasteiger partial charge < -0.3 is 4.57 Å². The monoisotopic (exact) mass is 377 g/mol. The van der Waals surface area contributed by atoms with E-state index in [-0.39, 0.29) is 24.8 Å². The lowest BCUT2D eigenvalue weighted by Gasteiger charge is -2.16. The molecule has 0 spiro atoms. The van der Waals surface area contributed by atoms with Crippen LogP contribution in [0.1, 0.15) is 29.8 Å². The Balaban J connectivity index is 0.00000113. The molecule has 0 saturated carbocycles. The van der Waals surface area contributed by atoms with Gasteiger partial charge in [-0.05, 0) is 50.6 Å². The normalized spacial score (nSPS) is 14.3. The predicted molar refractivity (Wildman–Crippen MR) is 109 cm³/mol. The fourth-order valence-electron chi connectivity index (χ4n) is 3.44. The van der Waals surface area contributed by atoms with Crippen molar-refractivity contribution in [1.82, 2.24) is 14.5 Å². The second-order valence-electron chi connectivity index (χ2n) is 6.57. The molecular weight excluding hydrogens is 353 g/mol. The zero-order chi connectivity index (χ0) is 15.6. The molecule has 1 aliphatic rings. The van der Waals surface area contributed by atoms with Crippen molar-refractivity contribution in [2.75, 3.05) is 13.1 Å². The van der Waals surface area contributed by atoms with E-state index in [0.717, 1.165) is 18.6 Å². The number of nitrogens with zero attached hydrogens (tertiary/aromatic N) is 3. The van der Waals surface area contributed by atoms with E-state index in [1.165, 1.54) is 48.4 Å². The lowest BCUT2D eigenvalue weighted by atomic mass is 10.1. The highest BCUT2D eigenvalue weighted by atomic mass is 35.5. The van der Waals surface area contributed by atoms with Gasteiger partial charge in [0.25, 0.3) is 0 Å². The number of imidazole rings is 1. The molecule has 0 atom stereocenters. The Morgan fingerprint density at radius 3 is 2.28 bits per heavy atom. The van der Waals surface area contributed by atoms with Crippen molar-refractivity contribution in [3.05, 3.63) is 65.5 Å². The second kappa shape index (κ2) is 8.70. The van der Waals surface area contributed by atoms with Gasteiger partial charge in [-0.3, -0.25) is 4.90 Å². The molecule has 1 aliphatic heterocycles. The number of aryl methyl sites for hydroxylation is 1. The Hall–Kier alpha value is -1.55. The number of hydrogen-bond donors (Lipinski definition) is 0. The van der Waals surface area contributed by atoms with Crippen LogP contribution >= 0.6 is 24.8 Å². The van der Waals surface area contributed by atoms with Gasteiger partial charge in [-0.25, -0.2) is 4.98 Å². The quantitative estimate of drug-likeness (QED) is 0.648. The number of likely N-dealkylation sites (tertiary alicyclic amines) is 1. The van der Waals surface area contributed by atoms with Gasteiger partial charge in [-0.15, -0.1) is 24.8 Å². The van der Waals surface area contributed by atoms with Gasteiger partial charge in [-0.2, -0.15) is 0 Å². The molecule has 0 N–H and O–H groups in total. The van der Waals surface area contributed by atoms with E-state index in [1.807, 2.05) is 0 Å². The average molecular weight is 378 g/mol. The summed E-state index contributed by atoms with van der Waals surface area (Å²) in [6.07, 6.45) is 2.64. The van der Waals surface area contributed by atoms with E-state index >= 15 is 0 Å². The third kappa shape index (κ3) is 4.35. The molecule has 134 valence electrons. The SMILES string of the molecule is Cc1ccc(Cn2c(CN3CCCC3)nc3ccccc32)cc1.Cl.Cl. The molecule has 1 saturated heterocycles. The summed E-state index contributed by atoms with van der Waals surface area (Å²) in [5, 5.41) is 0. The largest absolute Gasteiger partial charge is 0.322 e. The maximum absolute atomic E-state index is 4.91. The van der Waals surface area contributed by atoms with Crippen LogP contribution in [0.25, 0.3) is 11.0 Å². The summed E-state index contributed by atoms with van der Waals surface area (Å²) in [4.78, 5) is 7.43. The van der Waals surface area contributed by atoms with Gasteiger partial charge in [0.2, 0.25) is 0 Å². The highest BCUT2D eigenvalue weighted by Crippen LogP contribution is 2.21. The molecule has 0 amide bonds. The first-order valence-corrected chi connectivity index (χ1v) is 8.52. The molecule has 2 heterocycles. The molecule has 3 nitrogen and oxygen atoms in total. The number of halogens is 2. The Labute approximate surface area is 161 Å². The predicted octanol–water partition coefficient (Wildman–Crippen LogP) is 4.83. The maximum Gasteiger partial charge on any atom is 0.124 e. The van der Waals surface area contributed by atoms with Crippen molar-refractivity contribution in [2.45, 2.75) is 32.9 Å². The number of benzene rings is 2. The van der Waals surface area contributed by atoms with Gasteiger partial charge in [0.1, 0.15) is 5.82 Å². The molecule has 4 rings (SSSR count). The highest BCUT2D eigenvalue weighted by Gasteiger charge is 2.17. The average Bonchev–Trinajstić information content (AvgIpc) is 3.19. The maximum atomic E-state index is 4.91. The van der Waals surface area contributed by atoms with Crippen molar-refractivity contribution in [2.24, 2.45) is 0 Å². The number of aromatic nitrogens is 2. The fraction of sp³-hybridized carbons (Fsp3) is 0.350. The van der Waals surface area contributed by atoms with E-state index in [9.17, 15) is 0 Å². The summed E-state index contributed by atoms with van der Waals surface area (Å²) in [5.74, 6) is 1.19. The minimum absolute atomic E-state index is 0. The van der Waals surface area contributed by atoms with Crippen LogP contribution in [0.15, 0.2) is 48.5 Å². The first kappa shape index (κ1) is 19.8. The molecule has 25 heavy (non-hydrogen) atoms. The first-order valence-electron chi connectivity index (χ1n) is 8.52. The molecule has 0 bridgehead atoms. The topological polar surface area (TPSA) is 21.1 Å². The lowest BCUT2D eigenvalue weighted by molar-refractivity contribution is 0.318. The summed E-state index contributed by atoms with van der Waals surface area (Å²) >= 11 is 0. The third-order valence-corrected chi connectivity index (χ3v) is 4.76. The van der Waals surface area contributed by atoms with Crippen LogP contribution in [-0.2, 0) is 13.1 Å². The Morgan fingerprint density at radius 1 is 0.880 bits per heavy atom. The fourth-order valence-corrected chi connectivity index (χ4v) is 3.44. The van der Waals surface area contributed by atoms with E-state index in [0.29, 0.717) is 0 Å². The Kier molecular flexibility index (Phi) is 6.88. The number of hydrogen-bond acceptors (Lipinski definition) is 2. The number of fused-ring (bicyclic) bond motifs is 1. The van der Waals surface area contributed by atoms with E-state index in [4.69, 9.17) is 4.98 Å². The van der Waals surface area contributed by atoms with Crippen LogP contribution in [-0.4, -0.2) is 27.5 Å². The van der Waals surface area contributed by atoms with Crippen LogP contribution in [0, 0.1) is 6.92 Å². The summed E-state index contributed by atoms with van der Waals surface area (Å²) in [5.41, 5.74) is 4.99. The lowest BCUT2D eigenvalue weighted by Crippen LogP contribution is -2.21. The number of rotatable bonds is 4. The van der Waals surface area contributed by atoms with Crippen molar-refractivity contribution in [3.63, 3.8) is 0 Å². The van der Waals surface area contributed by atoms with Crippen LogP contribution in [0.5, 0.6) is 0 Å². The van der Waals surface area contributed by atoms with Gasteiger partial charge in [0, 0.05) is 6.54 Å². The molecule has 1 fully saturated rings. The van der Waals surface area contributed by atoms with Crippen molar-refractivity contribution < 1.29 is 0 Å². The molecular formula is C20H25Cl2N3. The van der Waals surface area contributed by atoms with Gasteiger partial charge in [0.05, 0.1) is 17.6 Å². The highest BCUT2D eigenvalue weighted by molar-refractivity contribution is 5.85. The van der Waals surface area contributed by atoms with Crippen LogP contribution in [0.3, 0.4) is 0 Å². The molecule has 0 radical (unpaired) electrons. The van der Waals surface area contributed by atoms with Gasteiger partial charge in [-0.1, -0.05) is 42.0 Å². The number of para-hydroxylation sites is 2. The van der Waals surface area contributed by atoms with E-state index in [2.05, 4.69) is 64.9 Å². The standard InChI is InChI=1S/C20H23N3.2ClH/c1-16-8-10-17(11-9-16)14-23-19-7-3-2-6-18(19)21-20(23)15-22-12-4-5-13-22;;/h2-3,6-11H,4-5,12-15H2,1H3;2*1H. The van der Waals surface area contributed by atoms with E-state index < -0.39 is 0 Å². The van der Waals surface area contributed by atoms with Gasteiger partial charge in [0.15, 0.2) is 0 Å². The molecule has 2 aromatic carbocycles. The molecule has 0 aliphatic carbocycles. The van der Waals surface area contributed by atoms with Gasteiger partial charge >= 0.3 is 0 Å². The summed E-state index contributed by atoms with van der Waals surface area (Å²) < 4.78 is 2.39. The van der Waals surface area contributed by atoms with Crippen LogP contribution in [0.4, 0.5) is 0 Å². The summed E-state index contributed by atoms with van der Waals surface area (Å²) in [6.45, 7) is 6.39. The molecule has 1 aromatic heterocycles. The van der Waals surface area contributed by atoms with Crippen molar-refractivity contribution in [3.8, 4) is 0 Å². The van der Waals surface area contributed by atoms with Crippen molar-refractivity contribution in [1.29, 1.82) is 0 Å². The van der Waals surface area contributed by atoms with Crippen LogP contribution in [0.2, 0.25) is 0 Å². The third-order valence-electron chi connectivity index (χ3n) is 4.76. The van der Waals surface area contributed by atoms with Crippen molar-refractivity contribution >= 4 is 35.8 Å². The van der Waals surface area contributed by atoms with Crippen LogP contribution < -0.4 is 0 Å².